The molecule has 2 aromatic rings. The van der Waals surface area contributed by atoms with E-state index in [2.05, 4.69) is 41.2 Å². The van der Waals surface area contributed by atoms with Crippen LogP contribution >= 0.6 is 27.3 Å². The Kier molecular flexibility index (Phi) is 4.76. The summed E-state index contributed by atoms with van der Waals surface area (Å²) in [6, 6.07) is 9.44. The lowest BCUT2D eigenvalue weighted by Crippen LogP contribution is -2.20. The zero-order chi connectivity index (χ0) is 14.0. The highest BCUT2D eigenvalue weighted by molar-refractivity contribution is 9.10. The fourth-order valence-corrected chi connectivity index (χ4v) is 3.83. The van der Waals surface area contributed by atoms with Gasteiger partial charge in [-0.05, 0) is 43.3 Å². The van der Waals surface area contributed by atoms with E-state index in [9.17, 15) is 4.39 Å². The average Bonchev–Trinajstić information content (AvgIpc) is 2.82. The summed E-state index contributed by atoms with van der Waals surface area (Å²) in [5, 5.41) is 3.32. The molecule has 0 amide bonds. The topological polar surface area (TPSA) is 12.0 Å². The molecular formula is C15H17BrFNS. The Morgan fingerprint density at radius 3 is 2.58 bits per heavy atom. The Bertz CT molecular complexity index is 565. The van der Waals surface area contributed by atoms with Crippen LogP contribution in [-0.4, -0.2) is 7.05 Å². The predicted octanol–water partition coefficient (Wildman–Crippen LogP) is 5.23. The summed E-state index contributed by atoms with van der Waals surface area (Å²) in [4.78, 5) is 2.21. The van der Waals surface area contributed by atoms with Gasteiger partial charge in [0.1, 0.15) is 5.82 Å². The first kappa shape index (κ1) is 14.7. The number of benzene rings is 1. The maximum absolute atomic E-state index is 13.9. The van der Waals surface area contributed by atoms with Crippen LogP contribution < -0.4 is 5.32 Å². The highest BCUT2D eigenvalue weighted by Gasteiger charge is 2.17. The van der Waals surface area contributed by atoms with Crippen LogP contribution in [0, 0.1) is 11.7 Å². The number of thiophene rings is 1. The molecule has 1 atom stereocenters. The third-order valence-electron chi connectivity index (χ3n) is 3.10. The lowest BCUT2D eigenvalue weighted by molar-refractivity contribution is 0.449. The number of hydrogen-bond donors (Lipinski definition) is 1. The molecular weight excluding hydrogens is 325 g/mol. The normalized spacial score (nSPS) is 12.9. The van der Waals surface area contributed by atoms with Crippen LogP contribution in [0.4, 0.5) is 4.39 Å². The second-order valence-corrected chi connectivity index (χ2v) is 6.87. The number of halogens is 2. The van der Waals surface area contributed by atoms with Gasteiger partial charge in [0.05, 0.1) is 0 Å². The van der Waals surface area contributed by atoms with Gasteiger partial charge in [0.2, 0.25) is 0 Å². The van der Waals surface area contributed by atoms with Crippen LogP contribution in [0.15, 0.2) is 34.8 Å². The highest BCUT2D eigenvalue weighted by atomic mass is 79.9. The zero-order valence-corrected chi connectivity index (χ0v) is 13.6. The van der Waals surface area contributed by atoms with Gasteiger partial charge in [0.25, 0.3) is 0 Å². The van der Waals surface area contributed by atoms with Crippen LogP contribution in [0.1, 0.15) is 24.8 Å². The van der Waals surface area contributed by atoms with E-state index in [0.29, 0.717) is 17.5 Å². The van der Waals surface area contributed by atoms with Crippen molar-refractivity contribution in [2.75, 3.05) is 7.05 Å². The summed E-state index contributed by atoms with van der Waals surface area (Å²) in [6.07, 6.45) is 0. The van der Waals surface area contributed by atoms with E-state index in [1.165, 1.54) is 10.9 Å². The standard InChI is InChI=1S/C15H17BrFNS/c1-9(2)15(18-3)14-7-6-13(19-14)11-8-10(16)4-5-12(11)17/h4-9,15,18H,1-3H3. The molecule has 1 nitrogen and oxygen atoms in total. The molecule has 102 valence electrons. The minimum absolute atomic E-state index is 0.179. The third-order valence-corrected chi connectivity index (χ3v) is 4.80. The lowest BCUT2D eigenvalue weighted by atomic mass is 10.0. The summed E-state index contributed by atoms with van der Waals surface area (Å²) in [5.74, 6) is 0.325. The fraction of sp³-hybridized carbons (Fsp3) is 0.333. The van der Waals surface area contributed by atoms with Crippen LogP contribution in [0.25, 0.3) is 10.4 Å². The first-order valence-electron chi connectivity index (χ1n) is 6.25. The van der Waals surface area contributed by atoms with Crippen molar-refractivity contribution in [2.24, 2.45) is 5.92 Å². The largest absolute Gasteiger partial charge is 0.312 e. The fourth-order valence-electron chi connectivity index (χ4n) is 2.16. The molecule has 0 aliphatic heterocycles. The molecule has 0 fully saturated rings. The molecule has 1 aromatic carbocycles. The summed E-state index contributed by atoms with van der Waals surface area (Å²) < 4.78 is 14.8. The molecule has 0 saturated carbocycles. The summed E-state index contributed by atoms with van der Waals surface area (Å²) in [7, 11) is 1.96. The van der Waals surface area contributed by atoms with Crippen LogP contribution in [0.3, 0.4) is 0 Å². The Hall–Kier alpha value is -0.710. The van der Waals surface area contributed by atoms with Crippen molar-refractivity contribution in [1.82, 2.24) is 5.32 Å². The van der Waals surface area contributed by atoms with E-state index in [-0.39, 0.29) is 5.82 Å². The van der Waals surface area contributed by atoms with E-state index >= 15 is 0 Å². The second-order valence-electron chi connectivity index (χ2n) is 4.84. The summed E-state index contributed by atoms with van der Waals surface area (Å²) in [5.41, 5.74) is 0.657. The molecule has 2 rings (SSSR count). The number of rotatable bonds is 4. The Morgan fingerprint density at radius 1 is 1.21 bits per heavy atom. The molecule has 0 bridgehead atoms. The van der Waals surface area contributed by atoms with Crippen LogP contribution in [0.2, 0.25) is 0 Å². The minimum atomic E-state index is -0.179. The van der Waals surface area contributed by atoms with Gasteiger partial charge < -0.3 is 5.32 Å². The Labute approximate surface area is 126 Å². The SMILES string of the molecule is CNC(c1ccc(-c2cc(Br)ccc2F)s1)C(C)C. The lowest BCUT2D eigenvalue weighted by Gasteiger charge is -2.18. The van der Waals surface area contributed by atoms with Crippen molar-refractivity contribution >= 4 is 27.3 Å². The third kappa shape index (κ3) is 3.25. The molecule has 1 aromatic heterocycles. The maximum Gasteiger partial charge on any atom is 0.131 e. The van der Waals surface area contributed by atoms with Gasteiger partial charge >= 0.3 is 0 Å². The maximum atomic E-state index is 13.9. The minimum Gasteiger partial charge on any atom is -0.312 e. The first-order valence-corrected chi connectivity index (χ1v) is 7.86. The van der Waals surface area contributed by atoms with Gasteiger partial charge in [-0.25, -0.2) is 4.39 Å². The van der Waals surface area contributed by atoms with Crippen molar-refractivity contribution < 1.29 is 4.39 Å². The number of nitrogens with one attached hydrogen (secondary N) is 1. The van der Waals surface area contributed by atoms with Crippen molar-refractivity contribution in [3.8, 4) is 10.4 Å². The van der Waals surface area contributed by atoms with E-state index in [4.69, 9.17) is 0 Å². The summed E-state index contributed by atoms with van der Waals surface area (Å²) >= 11 is 5.04. The van der Waals surface area contributed by atoms with Gasteiger partial charge in [-0.3, -0.25) is 0 Å². The van der Waals surface area contributed by atoms with Gasteiger partial charge in [0.15, 0.2) is 0 Å². The molecule has 1 N–H and O–H groups in total. The molecule has 4 heteroatoms. The average molecular weight is 342 g/mol. The Morgan fingerprint density at radius 2 is 1.95 bits per heavy atom. The van der Waals surface area contributed by atoms with Crippen molar-refractivity contribution in [3.63, 3.8) is 0 Å². The molecule has 1 heterocycles. The monoisotopic (exact) mass is 341 g/mol. The highest BCUT2D eigenvalue weighted by Crippen LogP contribution is 2.36. The quantitative estimate of drug-likeness (QED) is 0.802. The first-order chi connectivity index (χ1) is 9.02. The van der Waals surface area contributed by atoms with Crippen molar-refractivity contribution in [3.05, 3.63) is 45.5 Å². The van der Waals surface area contributed by atoms with Gasteiger partial charge in [-0.2, -0.15) is 0 Å². The van der Waals surface area contributed by atoms with E-state index in [1.54, 1.807) is 17.4 Å². The van der Waals surface area contributed by atoms with Gasteiger partial charge in [-0.15, -0.1) is 11.3 Å². The van der Waals surface area contributed by atoms with Crippen molar-refractivity contribution in [2.45, 2.75) is 19.9 Å². The van der Waals surface area contributed by atoms with E-state index < -0.39 is 0 Å². The molecule has 0 saturated heterocycles. The molecule has 0 aliphatic rings. The molecule has 19 heavy (non-hydrogen) atoms. The smallest absolute Gasteiger partial charge is 0.131 e. The Balaban J connectivity index is 2.38. The van der Waals surface area contributed by atoms with E-state index in [0.717, 1.165) is 9.35 Å². The molecule has 0 spiro atoms. The second kappa shape index (κ2) is 6.16. The predicted molar refractivity (Wildman–Crippen MR) is 84.1 cm³/mol. The van der Waals surface area contributed by atoms with Gasteiger partial charge in [0, 0.05) is 25.8 Å². The van der Waals surface area contributed by atoms with Crippen LogP contribution in [-0.2, 0) is 0 Å². The van der Waals surface area contributed by atoms with E-state index in [1.807, 2.05) is 19.2 Å². The molecule has 0 aliphatic carbocycles. The van der Waals surface area contributed by atoms with Gasteiger partial charge in [-0.1, -0.05) is 29.8 Å². The summed E-state index contributed by atoms with van der Waals surface area (Å²) in [6.45, 7) is 4.36. The van der Waals surface area contributed by atoms with Crippen molar-refractivity contribution in [1.29, 1.82) is 0 Å². The molecule has 0 radical (unpaired) electrons. The number of hydrogen-bond acceptors (Lipinski definition) is 2. The molecule has 1 unspecified atom stereocenters. The van der Waals surface area contributed by atoms with Crippen LogP contribution in [0.5, 0.6) is 0 Å². The zero-order valence-electron chi connectivity index (χ0n) is 11.2.